The second kappa shape index (κ2) is 9.56. The summed E-state index contributed by atoms with van der Waals surface area (Å²) >= 11 is 7.46. The van der Waals surface area contributed by atoms with Crippen LogP contribution < -0.4 is 10.0 Å². The van der Waals surface area contributed by atoms with Gasteiger partial charge in [0.15, 0.2) is 5.13 Å². The van der Waals surface area contributed by atoms with Gasteiger partial charge < -0.3 is 5.32 Å². The smallest absolute Gasteiger partial charge is 0.266 e. The minimum Gasteiger partial charge on any atom is -0.379 e. The van der Waals surface area contributed by atoms with Crippen molar-refractivity contribution in [3.05, 3.63) is 34.5 Å². The Morgan fingerprint density at radius 3 is 2.61 bits per heavy atom. The summed E-state index contributed by atoms with van der Waals surface area (Å²) in [5, 5.41) is 5.24. The number of anilines is 2. The Bertz CT molecular complexity index is 999. The molecule has 2 fully saturated rings. The monoisotopic (exact) mass is 490 g/mol. The third-order valence-electron chi connectivity index (χ3n) is 5.96. The third-order valence-corrected chi connectivity index (χ3v) is 8.45. The summed E-state index contributed by atoms with van der Waals surface area (Å²) in [5.41, 5.74) is 0.365. The number of nitrogens with one attached hydrogen (secondary N) is 2. The van der Waals surface area contributed by atoms with E-state index >= 15 is 0 Å². The number of hydrogen-bond donors (Lipinski definition) is 2. The molecular weight excluding hydrogens is 466 g/mol. The predicted molar refractivity (Wildman–Crippen MR) is 120 cm³/mol. The summed E-state index contributed by atoms with van der Waals surface area (Å²) in [4.78, 5) is 5.65. The van der Waals surface area contributed by atoms with E-state index in [0.29, 0.717) is 31.6 Å². The molecule has 1 aliphatic carbocycles. The van der Waals surface area contributed by atoms with Crippen molar-refractivity contribution in [1.29, 1.82) is 0 Å². The summed E-state index contributed by atoms with van der Waals surface area (Å²) in [6.07, 6.45) is 5.81. The molecular formula is C20H25ClF2N4O2S2. The Morgan fingerprint density at radius 1 is 1.16 bits per heavy atom. The number of benzene rings is 1. The van der Waals surface area contributed by atoms with E-state index in [-0.39, 0.29) is 22.2 Å². The lowest BCUT2D eigenvalue weighted by Gasteiger charge is -2.43. The first-order valence-electron chi connectivity index (χ1n) is 10.4. The van der Waals surface area contributed by atoms with Crippen molar-refractivity contribution in [3.8, 4) is 0 Å². The summed E-state index contributed by atoms with van der Waals surface area (Å²) in [5.74, 6) is -0.887. The Hall–Kier alpha value is -1.49. The molecule has 1 aromatic carbocycles. The molecule has 1 saturated heterocycles. The first-order valence-corrected chi connectivity index (χ1v) is 13.1. The van der Waals surface area contributed by atoms with Gasteiger partial charge in [0.25, 0.3) is 10.0 Å². The second-order valence-electron chi connectivity index (χ2n) is 8.02. The molecule has 2 N–H and O–H groups in total. The lowest BCUT2D eigenvalue weighted by atomic mass is 9.87. The average Bonchev–Trinajstić information content (AvgIpc) is 3.24. The highest BCUT2D eigenvalue weighted by Gasteiger charge is 2.33. The SMILES string of the molecule is O=S(=O)(Nc1nccs1)c1cc(Cl)c(N[C@H]2CCCC[C@@H]2N2CCC(F)CC2)cc1F. The number of alkyl halides is 1. The number of nitrogens with zero attached hydrogens (tertiary/aromatic N) is 2. The molecule has 1 aromatic heterocycles. The lowest BCUT2D eigenvalue weighted by molar-refractivity contribution is 0.0847. The third kappa shape index (κ3) is 5.30. The Kier molecular flexibility index (Phi) is 7.00. The van der Waals surface area contributed by atoms with E-state index in [9.17, 15) is 17.2 Å². The van der Waals surface area contributed by atoms with E-state index in [2.05, 4.69) is 19.9 Å². The zero-order valence-corrected chi connectivity index (χ0v) is 19.2. The van der Waals surface area contributed by atoms with Crippen LogP contribution in [0.1, 0.15) is 38.5 Å². The van der Waals surface area contributed by atoms with E-state index in [1.54, 1.807) is 5.38 Å². The highest BCUT2D eigenvalue weighted by molar-refractivity contribution is 7.93. The number of rotatable bonds is 6. The molecule has 0 amide bonds. The van der Waals surface area contributed by atoms with E-state index in [1.165, 1.54) is 6.20 Å². The van der Waals surface area contributed by atoms with Gasteiger partial charge in [-0.05, 0) is 37.8 Å². The molecule has 0 radical (unpaired) electrons. The van der Waals surface area contributed by atoms with Crippen LogP contribution in [0, 0.1) is 5.82 Å². The van der Waals surface area contributed by atoms with Gasteiger partial charge in [0.05, 0.1) is 10.7 Å². The fraction of sp³-hybridized carbons (Fsp3) is 0.550. The first-order chi connectivity index (χ1) is 14.8. The van der Waals surface area contributed by atoms with Crippen molar-refractivity contribution in [2.75, 3.05) is 23.1 Å². The van der Waals surface area contributed by atoms with Crippen LogP contribution >= 0.6 is 22.9 Å². The van der Waals surface area contributed by atoms with Crippen LogP contribution in [-0.4, -0.2) is 49.6 Å². The van der Waals surface area contributed by atoms with Crippen molar-refractivity contribution in [1.82, 2.24) is 9.88 Å². The molecule has 2 atom stereocenters. The predicted octanol–water partition coefficient (Wildman–Crippen LogP) is 4.89. The van der Waals surface area contributed by atoms with Crippen LogP contribution in [0.5, 0.6) is 0 Å². The number of likely N-dealkylation sites (tertiary alicyclic amines) is 1. The molecule has 2 aromatic rings. The largest absolute Gasteiger partial charge is 0.379 e. The minimum absolute atomic E-state index is 0.0395. The van der Waals surface area contributed by atoms with Gasteiger partial charge in [-0.25, -0.2) is 22.2 Å². The number of halogens is 3. The van der Waals surface area contributed by atoms with Crippen LogP contribution in [0.4, 0.5) is 19.6 Å². The van der Waals surface area contributed by atoms with Crippen LogP contribution in [-0.2, 0) is 10.0 Å². The molecule has 0 bridgehead atoms. The molecule has 0 unspecified atom stereocenters. The second-order valence-corrected chi connectivity index (χ2v) is 11.0. The number of piperidine rings is 1. The van der Waals surface area contributed by atoms with Gasteiger partial charge in [-0.2, -0.15) is 0 Å². The summed E-state index contributed by atoms with van der Waals surface area (Å²) in [6, 6.07) is 2.52. The fourth-order valence-electron chi connectivity index (χ4n) is 4.40. The number of aromatic nitrogens is 1. The number of thiazole rings is 1. The van der Waals surface area contributed by atoms with Gasteiger partial charge in [-0.1, -0.05) is 24.4 Å². The van der Waals surface area contributed by atoms with E-state index in [4.69, 9.17) is 11.6 Å². The number of hydrogen-bond acceptors (Lipinski definition) is 6. The van der Waals surface area contributed by atoms with Gasteiger partial charge in [0.1, 0.15) is 16.9 Å². The molecule has 11 heteroatoms. The zero-order valence-electron chi connectivity index (χ0n) is 16.9. The van der Waals surface area contributed by atoms with Crippen molar-refractivity contribution in [2.24, 2.45) is 0 Å². The Balaban J connectivity index is 1.52. The van der Waals surface area contributed by atoms with Gasteiger partial charge >= 0.3 is 0 Å². The molecule has 170 valence electrons. The zero-order chi connectivity index (χ0) is 22.0. The summed E-state index contributed by atoms with van der Waals surface area (Å²) < 4.78 is 55.8. The maximum atomic E-state index is 14.8. The minimum atomic E-state index is -4.15. The van der Waals surface area contributed by atoms with E-state index in [1.807, 2.05) is 0 Å². The quantitative estimate of drug-likeness (QED) is 0.602. The van der Waals surface area contributed by atoms with Crippen LogP contribution in [0.15, 0.2) is 28.6 Å². The molecule has 0 spiro atoms. The van der Waals surface area contributed by atoms with Crippen LogP contribution in [0.3, 0.4) is 0 Å². The molecule has 2 aliphatic rings. The first kappa shape index (κ1) is 22.7. The maximum absolute atomic E-state index is 14.8. The molecule has 4 rings (SSSR count). The average molecular weight is 491 g/mol. The Labute approximate surface area is 190 Å². The fourth-order valence-corrected chi connectivity index (χ4v) is 6.56. The van der Waals surface area contributed by atoms with E-state index < -0.39 is 26.9 Å². The van der Waals surface area contributed by atoms with Crippen molar-refractivity contribution < 1.29 is 17.2 Å². The Morgan fingerprint density at radius 2 is 1.90 bits per heavy atom. The van der Waals surface area contributed by atoms with Gasteiger partial charge in [0, 0.05) is 36.8 Å². The molecule has 6 nitrogen and oxygen atoms in total. The topological polar surface area (TPSA) is 74.3 Å². The highest BCUT2D eigenvalue weighted by Crippen LogP contribution is 2.33. The maximum Gasteiger partial charge on any atom is 0.266 e. The summed E-state index contributed by atoms with van der Waals surface area (Å²) in [6.45, 7) is 1.43. The van der Waals surface area contributed by atoms with Crippen molar-refractivity contribution in [3.63, 3.8) is 0 Å². The van der Waals surface area contributed by atoms with Gasteiger partial charge in [-0.3, -0.25) is 9.62 Å². The molecule has 1 saturated carbocycles. The normalized spacial score (nSPS) is 23.6. The van der Waals surface area contributed by atoms with Gasteiger partial charge in [-0.15, -0.1) is 11.3 Å². The lowest BCUT2D eigenvalue weighted by Crippen LogP contribution is -2.51. The molecule has 31 heavy (non-hydrogen) atoms. The van der Waals surface area contributed by atoms with Crippen LogP contribution in [0.2, 0.25) is 5.02 Å². The molecule has 2 heterocycles. The molecule has 1 aliphatic heterocycles. The van der Waals surface area contributed by atoms with Crippen molar-refractivity contribution in [2.45, 2.75) is 61.7 Å². The van der Waals surface area contributed by atoms with Crippen molar-refractivity contribution >= 4 is 43.8 Å². The van der Waals surface area contributed by atoms with E-state index in [0.717, 1.165) is 49.2 Å². The highest BCUT2D eigenvalue weighted by atomic mass is 35.5. The van der Waals surface area contributed by atoms with Gasteiger partial charge in [0.2, 0.25) is 0 Å². The number of sulfonamides is 1. The standard InChI is InChI=1S/C20H25ClF2N4O2S2/c21-14-11-19(31(28,29)26-20-24-7-10-30-20)15(23)12-17(14)25-16-3-1-2-4-18(16)27-8-5-13(22)6-9-27/h7,10-13,16,18,25H,1-6,8-9H2,(H,24,26)/t16-,18-/m0/s1. The van der Waals surface area contributed by atoms with Crippen LogP contribution in [0.25, 0.3) is 0 Å². The summed E-state index contributed by atoms with van der Waals surface area (Å²) in [7, 11) is -4.15.